The van der Waals surface area contributed by atoms with Crippen molar-refractivity contribution >= 4 is 32.8 Å². The quantitative estimate of drug-likeness (QED) is 0.421. The lowest BCUT2D eigenvalue weighted by atomic mass is 10.2. The van der Waals surface area contributed by atoms with Crippen LogP contribution in [0.5, 0.6) is 0 Å². The molecule has 1 atom stereocenters. The monoisotopic (exact) mass is 491 g/mol. The van der Waals surface area contributed by atoms with E-state index in [2.05, 4.69) is 23.0 Å². The molecule has 0 radical (unpaired) electrons. The van der Waals surface area contributed by atoms with Crippen molar-refractivity contribution in [3.63, 3.8) is 0 Å². The van der Waals surface area contributed by atoms with Crippen LogP contribution in [0.1, 0.15) is 43.4 Å². The van der Waals surface area contributed by atoms with Gasteiger partial charge in [-0.2, -0.15) is 0 Å². The van der Waals surface area contributed by atoms with E-state index in [0.717, 1.165) is 61.2 Å². The number of benzene rings is 1. The van der Waals surface area contributed by atoms with E-state index in [4.69, 9.17) is 14.7 Å². The first-order valence-electron chi connectivity index (χ1n) is 11.4. The molecule has 33 heavy (non-hydrogen) atoms. The van der Waals surface area contributed by atoms with Gasteiger partial charge in [-0.3, -0.25) is 0 Å². The van der Waals surface area contributed by atoms with Crippen molar-refractivity contribution < 1.29 is 13.2 Å². The van der Waals surface area contributed by atoms with Gasteiger partial charge < -0.3 is 13.9 Å². The Morgan fingerprint density at radius 3 is 2.67 bits per heavy atom. The third-order valence-corrected chi connectivity index (χ3v) is 8.97. The minimum Gasteiger partial charge on any atom is -0.376 e. The molecule has 1 unspecified atom stereocenters. The van der Waals surface area contributed by atoms with E-state index < -0.39 is 10.0 Å². The molecule has 2 aromatic heterocycles. The van der Waals surface area contributed by atoms with Crippen LogP contribution in [0.25, 0.3) is 11.0 Å². The molecule has 0 aliphatic carbocycles. The Labute approximate surface area is 200 Å². The molecule has 180 valence electrons. The summed E-state index contributed by atoms with van der Waals surface area (Å²) in [5.41, 5.74) is 3.88. The molecule has 0 amide bonds. The van der Waals surface area contributed by atoms with Gasteiger partial charge in [0.1, 0.15) is 5.82 Å². The van der Waals surface area contributed by atoms with Crippen LogP contribution in [-0.4, -0.2) is 58.6 Å². The lowest BCUT2D eigenvalue weighted by Crippen LogP contribution is -2.22. The van der Waals surface area contributed by atoms with E-state index in [-0.39, 0.29) is 11.0 Å². The van der Waals surface area contributed by atoms with Crippen molar-refractivity contribution in [3.8, 4) is 0 Å². The standard InChI is InChI=1S/C23H33N5O3S2/c1-6-11-27-21-10-9-19(33(29,30)26(4)5)13-20(21)25-22(27)15-32-23-24-16(2)17(3)28(23)14-18-8-7-12-31-18/h9-10,13,18H,6-8,11-12,14-15H2,1-5H3. The molecular formula is C23H33N5O3S2. The summed E-state index contributed by atoms with van der Waals surface area (Å²) in [6, 6.07) is 5.22. The second kappa shape index (κ2) is 9.77. The average Bonchev–Trinajstić information content (AvgIpc) is 3.48. The number of nitrogens with zero attached hydrogens (tertiary/aromatic N) is 5. The van der Waals surface area contributed by atoms with Gasteiger partial charge in [-0.25, -0.2) is 22.7 Å². The molecular weight excluding hydrogens is 458 g/mol. The molecule has 8 nitrogen and oxygen atoms in total. The fourth-order valence-electron chi connectivity index (χ4n) is 4.18. The van der Waals surface area contributed by atoms with Gasteiger partial charge in [0.2, 0.25) is 10.0 Å². The van der Waals surface area contributed by atoms with Crippen LogP contribution in [0, 0.1) is 13.8 Å². The number of ether oxygens (including phenoxy) is 1. The van der Waals surface area contributed by atoms with Crippen molar-refractivity contribution in [1.29, 1.82) is 0 Å². The van der Waals surface area contributed by atoms with Gasteiger partial charge >= 0.3 is 0 Å². The summed E-state index contributed by atoms with van der Waals surface area (Å²) in [7, 11) is -0.422. The van der Waals surface area contributed by atoms with Crippen molar-refractivity contribution in [2.24, 2.45) is 0 Å². The number of hydrogen-bond donors (Lipinski definition) is 0. The van der Waals surface area contributed by atoms with E-state index in [1.165, 1.54) is 10.00 Å². The van der Waals surface area contributed by atoms with E-state index in [0.29, 0.717) is 11.3 Å². The molecule has 1 aliphatic heterocycles. The molecule has 0 N–H and O–H groups in total. The lowest BCUT2D eigenvalue weighted by Gasteiger charge is -2.15. The highest BCUT2D eigenvalue weighted by atomic mass is 32.2. The van der Waals surface area contributed by atoms with Gasteiger partial charge in [0, 0.05) is 32.9 Å². The first-order chi connectivity index (χ1) is 15.7. The molecule has 1 saturated heterocycles. The summed E-state index contributed by atoms with van der Waals surface area (Å²) in [4.78, 5) is 9.91. The largest absolute Gasteiger partial charge is 0.376 e. The maximum Gasteiger partial charge on any atom is 0.242 e. The van der Waals surface area contributed by atoms with Crippen molar-refractivity contribution in [2.45, 2.75) is 75.0 Å². The van der Waals surface area contributed by atoms with Crippen LogP contribution in [0.2, 0.25) is 0 Å². The van der Waals surface area contributed by atoms with Gasteiger partial charge in [0.05, 0.1) is 40.0 Å². The molecule has 4 rings (SSSR count). The first-order valence-corrected chi connectivity index (χ1v) is 13.8. The zero-order chi connectivity index (χ0) is 23.8. The van der Waals surface area contributed by atoms with Crippen LogP contribution in [0.4, 0.5) is 0 Å². The number of fused-ring (bicyclic) bond motifs is 1. The van der Waals surface area contributed by atoms with Crippen LogP contribution < -0.4 is 0 Å². The fourth-order valence-corrected chi connectivity index (χ4v) is 6.15. The smallest absolute Gasteiger partial charge is 0.242 e. The Kier molecular flexibility index (Phi) is 7.18. The Morgan fingerprint density at radius 1 is 1.21 bits per heavy atom. The minimum atomic E-state index is -3.51. The predicted molar refractivity (Wildman–Crippen MR) is 131 cm³/mol. The highest BCUT2D eigenvalue weighted by molar-refractivity contribution is 7.98. The third-order valence-electron chi connectivity index (χ3n) is 6.19. The zero-order valence-corrected chi connectivity index (χ0v) is 21.7. The molecule has 3 aromatic rings. The Hall–Kier alpha value is -1.88. The Morgan fingerprint density at radius 2 is 2.00 bits per heavy atom. The predicted octanol–water partition coefficient (Wildman–Crippen LogP) is 3.98. The van der Waals surface area contributed by atoms with E-state index in [1.807, 2.05) is 13.0 Å². The molecule has 3 heterocycles. The zero-order valence-electron chi connectivity index (χ0n) is 20.0. The summed E-state index contributed by atoms with van der Waals surface area (Å²) in [6.07, 6.45) is 3.42. The van der Waals surface area contributed by atoms with Crippen LogP contribution >= 0.6 is 11.8 Å². The summed E-state index contributed by atoms with van der Waals surface area (Å²) in [5, 5.41) is 0.978. The molecule has 0 saturated carbocycles. The normalized spacial score (nSPS) is 17.0. The van der Waals surface area contributed by atoms with Gasteiger partial charge in [-0.1, -0.05) is 18.7 Å². The maximum atomic E-state index is 12.6. The van der Waals surface area contributed by atoms with Gasteiger partial charge in [-0.15, -0.1) is 0 Å². The number of aromatic nitrogens is 4. The topological polar surface area (TPSA) is 82.2 Å². The number of aryl methyl sites for hydroxylation is 2. The summed E-state index contributed by atoms with van der Waals surface area (Å²) >= 11 is 1.67. The van der Waals surface area contributed by atoms with E-state index in [1.54, 1.807) is 38.0 Å². The van der Waals surface area contributed by atoms with Crippen LogP contribution in [-0.2, 0) is 33.6 Å². The lowest BCUT2D eigenvalue weighted by molar-refractivity contribution is 0.0945. The molecule has 0 spiro atoms. The molecule has 10 heteroatoms. The maximum absolute atomic E-state index is 12.6. The van der Waals surface area contributed by atoms with Gasteiger partial charge in [0.15, 0.2) is 5.16 Å². The Bertz CT molecular complexity index is 1240. The number of hydrogen-bond acceptors (Lipinski definition) is 6. The number of thioether (sulfide) groups is 1. The number of rotatable bonds is 9. The van der Waals surface area contributed by atoms with E-state index in [9.17, 15) is 8.42 Å². The van der Waals surface area contributed by atoms with E-state index >= 15 is 0 Å². The molecule has 1 fully saturated rings. The van der Waals surface area contributed by atoms with Crippen LogP contribution in [0.3, 0.4) is 0 Å². The third kappa shape index (κ3) is 4.84. The minimum absolute atomic E-state index is 0.249. The SMILES string of the molecule is CCCn1c(CSc2nc(C)c(C)n2CC2CCCO2)nc2cc(S(=O)(=O)N(C)C)ccc21. The average molecular weight is 492 g/mol. The van der Waals surface area contributed by atoms with Crippen LogP contribution in [0.15, 0.2) is 28.3 Å². The second-order valence-corrected chi connectivity index (χ2v) is 11.8. The number of imidazole rings is 2. The van der Waals surface area contributed by atoms with Crippen molar-refractivity contribution in [1.82, 2.24) is 23.4 Å². The molecule has 1 aromatic carbocycles. The summed E-state index contributed by atoms with van der Waals surface area (Å²) in [6.45, 7) is 8.78. The second-order valence-electron chi connectivity index (χ2n) is 8.72. The highest BCUT2D eigenvalue weighted by Crippen LogP contribution is 2.29. The first kappa shape index (κ1) is 24.3. The van der Waals surface area contributed by atoms with Crippen molar-refractivity contribution in [2.75, 3.05) is 20.7 Å². The van der Waals surface area contributed by atoms with Gasteiger partial charge in [0.25, 0.3) is 0 Å². The highest BCUT2D eigenvalue weighted by Gasteiger charge is 2.22. The molecule has 1 aliphatic rings. The van der Waals surface area contributed by atoms with Gasteiger partial charge in [-0.05, 0) is 51.3 Å². The summed E-state index contributed by atoms with van der Waals surface area (Å²) in [5.74, 6) is 1.59. The van der Waals surface area contributed by atoms with Crippen molar-refractivity contribution in [3.05, 3.63) is 35.4 Å². The molecule has 0 bridgehead atoms. The summed E-state index contributed by atoms with van der Waals surface area (Å²) < 4.78 is 36.7. The Balaban J connectivity index is 1.63. The number of sulfonamides is 1. The fraction of sp³-hybridized carbons (Fsp3) is 0.565.